The standard InChI is InChI=1S/C18H32O5Si/c1-12(14-5-7-16-18(9-14)23-16)11-24(19-2,20-3)21-10-13-4-6-15-17(8-13)22-15/h12-18H,4-11H2,1-3H3. The summed E-state index contributed by atoms with van der Waals surface area (Å²) in [5, 5.41) is 0. The molecule has 5 nitrogen and oxygen atoms in total. The van der Waals surface area contributed by atoms with E-state index < -0.39 is 8.80 Å². The molecule has 4 aliphatic rings. The van der Waals surface area contributed by atoms with Gasteiger partial charge in [0.25, 0.3) is 0 Å². The van der Waals surface area contributed by atoms with Crippen LogP contribution in [0.4, 0.5) is 0 Å². The number of ether oxygens (including phenoxy) is 2. The van der Waals surface area contributed by atoms with Crippen molar-refractivity contribution in [3.8, 4) is 0 Å². The van der Waals surface area contributed by atoms with Crippen molar-refractivity contribution in [1.82, 2.24) is 0 Å². The Labute approximate surface area is 146 Å². The summed E-state index contributed by atoms with van der Waals surface area (Å²) in [5.74, 6) is 1.87. The fraction of sp³-hybridized carbons (Fsp3) is 1.00. The van der Waals surface area contributed by atoms with Crippen LogP contribution >= 0.6 is 0 Å². The first-order chi connectivity index (χ1) is 11.6. The molecule has 2 aliphatic heterocycles. The molecule has 0 N–H and O–H groups in total. The quantitative estimate of drug-likeness (QED) is 0.494. The molecule has 138 valence electrons. The predicted octanol–water partition coefficient (Wildman–Crippen LogP) is 3.01. The van der Waals surface area contributed by atoms with Crippen LogP contribution in [0.5, 0.6) is 0 Å². The van der Waals surface area contributed by atoms with Crippen LogP contribution in [0.15, 0.2) is 0 Å². The van der Waals surface area contributed by atoms with Gasteiger partial charge < -0.3 is 22.8 Å². The third kappa shape index (κ3) is 3.74. The summed E-state index contributed by atoms with van der Waals surface area (Å²) in [5.41, 5.74) is 0. The summed E-state index contributed by atoms with van der Waals surface area (Å²) in [4.78, 5) is 0. The van der Waals surface area contributed by atoms with Crippen molar-refractivity contribution < 1.29 is 22.8 Å². The highest BCUT2D eigenvalue weighted by Crippen LogP contribution is 2.44. The SMILES string of the molecule is CO[Si](CC(C)C1CCC2OC2C1)(OC)OCC1CCC2OC2C1. The van der Waals surface area contributed by atoms with Gasteiger partial charge in [-0.3, -0.25) is 0 Å². The molecule has 7 unspecified atom stereocenters. The van der Waals surface area contributed by atoms with Crippen LogP contribution in [0.3, 0.4) is 0 Å². The molecule has 2 saturated carbocycles. The molecule has 4 fully saturated rings. The molecule has 0 bridgehead atoms. The number of epoxide rings is 2. The molecule has 4 rings (SSSR count). The Morgan fingerprint density at radius 2 is 1.58 bits per heavy atom. The molecule has 0 aromatic carbocycles. The Balaban J connectivity index is 1.29. The molecule has 0 radical (unpaired) electrons. The van der Waals surface area contributed by atoms with Crippen molar-refractivity contribution >= 4 is 8.80 Å². The largest absolute Gasteiger partial charge is 0.500 e. The highest BCUT2D eigenvalue weighted by atomic mass is 28.4. The first-order valence-corrected chi connectivity index (χ1v) is 11.6. The third-order valence-electron chi connectivity index (χ3n) is 6.70. The van der Waals surface area contributed by atoms with Gasteiger partial charge in [0.05, 0.1) is 24.4 Å². The molecule has 2 saturated heterocycles. The van der Waals surface area contributed by atoms with Crippen LogP contribution in [0, 0.1) is 17.8 Å². The first-order valence-electron chi connectivity index (χ1n) is 9.67. The zero-order valence-electron chi connectivity index (χ0n) is 15.2. The van der Waals surface area contributed by atoms with Gasteiger partial charge in [-0.1, -0.05) is 6.92 Å². The van der Waals surface area contributed by atoms with Gasteiger partial charge in [-0.2, -0.15) is 0 Å². The van der Waals surface area contributed by atoms with Crippen LogP contribution in [-0.4, -0.2) is 54.0 Å². The van der Waals surface area contributed by atoms with E-state index in [0.717, 1.165) is 19.1 Å². The molecular formula is C18H32O5Si. The van der Waals surface area contributed by atoms with Gasteiger partial charge in [-0.15, -0.1) is 0 Å². The van der Waals surface area contributed by atoms with Crippen molar-refractivity contribution in [2.45, 2.75) is 75.9 Å². The van der Waals surface area contributed by atoms with Crippen molar-refractivity contribution in [1.29, 1.82) is 0 Å². The fourth-order valence-electron chi connectivity index (χ4n) is 4.82. The van der Waals surface area contributed by atoms with Crippen molar-refractivity contribution in [3.05, 3.63) is 0 Å². The maximum atomic E-state index is 6.34. The van der Waals surface area contributed by atoms with E-state index in [4.69, 9.17) is 22.8 Å². The topological polar surface area (TPSA) is 52.8 Å². The molecule has 0 aromatic rings. The monoisotopic (exact) mass is 356 g/mol. The molecule has 7 atom stereocenters. The van der Waals surface area contributed by atoms with E-state index in [-0.39, 0.29) is 0 Å². The Kier molecular flexibility index (Phi) is 5.06. The van der Waals surface area contributed by atoms with Gasteiger partial charge in [0.2, 0.25) is 0 Å². The maximum absolute atomic E-state index is 6.34. The second kappa shape index (κ2) is 6.97. The lowest BCUT2D eigenvalue weighted by atomic mass is 9.82. The third-order valence-corrected chi connectivity index (χ3v) is 9.69. The van der Waals surface area contributed by atoms with Crippen LogP contribution in [-0.2, 0) is 22.8 Å². The summed E-state index contributed by atoms with van der Waals surface area (Å²) in [6, 6.07) is 0.914. The minimum atomic E-state index is -2.57. The second-order valence-corrected chi connectivity index (χ2v) is 11.1. The van der Waals surface area contributed by atoms with Crippen LogP contribution < -0.4 is 0 Å². The summed E-state index contributed by atoms with van der Waals surface area (Å²) < 4.78 is 29.4. The minimum Gasteiger partial charge on any atom is -0.377 e. The van der Waals surface area contributed by atoms with Crippen LogP contribution in [0.25, 0.3) is 0 Å². The van der Waals surface area contributed by atoms with Gasteiger partial charge in [0, 0.05) is 26.9 Å². The van der Waals surface area contributed by atoms with E-state index in [2.05, 4.69) is 6.92 Å². The van der Waals surface area contributed by atoms with E-state index in [1.54, 1.807) is 14.2 Å². The van der Waals surface area contributed by atoms with E-state index in [1.165, 1.54) is 32.1 Å². The van der Waals surface area contributed by atoms with E-state index in [0.29, 0.717) is 42.2 Å². The van der Waals surface area contributed by atoms with Gasteiger partial charge in [0.15, 0.2) is 0 Å². The Bertz CT molecular complexity index is 443. The molecule has 2 aliphatic carbocycles. The average Bonchev–Trinajstić information content (AvgIpc) is 3.51. The van der Waals surface area contributed by atoms with Crippen molar-refractivity contribution in [2.24, 2.45) is 17.8 Å². The van der Waals surface area contributed by atoms with E-state index >= 15 is 0 Å². The predicted molar refractivity (Wildman–Crippen MR) is 91.7 cm³/mol. The van der Waals surface area contributed by atoms with Gasteiger partial charge in [-0.05, 0) is 56.3 Å². The zero-order valence-corrected chi connectivity index (χ0v) is 16.2. The zero-order chi connectivity index (χ0) is 16.7. The highest BCUT2D eigenvalue weighted by Gasteiger charge is 2.49. The summed E-state index contributed by atoms with van der Waals surface area (Å²) in [6.07, 6.45) is 9.37. The molecule has 0 amide bonds. The van der Waals surface area contributed by atoms with Gasteiger partial charge in [0.1, 0.15) is 0 Å². The summed E-state index contributed by atoms with van der Waals surface area (Å²) in [7, 11) is 0.936. The Morgan fingerprint density at radius 3 is 2.21 bits per heavy atom. The first kappa shape index (κ1) is 17.4. The molecule has 6 heteroatoms. The highest BCUT2D eigenvalue weighted by molar-refractivity contribution is 6.60. The van der Waals surface area contributed by atoms with E-state index in [9.17, 15) is 0 Å². The lowest BCUT2D eigenvalue weighted by molar-refractivity contribution is 0.0688. The second-order valence-electron chi connectivity index (χ2n) is 8.26. The molecule has 2 heterocycles. The number of hydrogen-bond acceptors (Lipinski definition) is 5. The van der Waals surface area contributed by atoms with Crippen molar-refractivity contribution in [3.63, 3.8) is 0 Å². The molecule has 0 aromatic heterocycles. The fourth-order valence-corrected chi connectivity index (χ4v) is 7.29. The smallest absolute Gasteiger partial charge is 0.377 e. The normalized spacial score (nSPS) is 42.1. The lowest BCUT2D eigenvalue weighted by Crippen LogP contribution is -2.47. The molecule has 24 heavy (non-hydrogen) atoms. The van der Waals surface area contributed by atoms with Gasteiger partial charge >= 0.3 is 8.80 Å². The minimum absolute atomic E-state index is 0.501. The van der Waals surface area contributed by atoms with Crippen LogP contribution in [0.1, 0.15) is 45.4 Å². The Morgan fingerprint density at radius 1 is 0.917 bits per heavy atom. The van der Waals surface area contributed by atoms with E-state index in [1.807, 2.05) is 0 Å². The Hall–Kier alpha value is 0.0169. The summed E-state index contributed by atoms with van der Waals surface area (Å²) >= 11 is 0. The van der Waals surface area contributed by atoms with Crippen molar-refractivity contribution in [2.75, 3.05) is 20.8 Å². The van der Waals surface area contributed by atoms with Crippen LogP contribution in [0.2, 0.25) is 6.04 Å². The maximum Gasteiger partial charge on any atom is 0.500 e. The number of hydrogen-bond donors (Lipinski definition) is 0. The lowest BCUT2D eigenvalue weighted by Gasteiger charge is -2.34. The number of rotatable bonds is 8. The number of fused-ring (bicyclic) bond motifs is 2. The van der Waals surface area contributed by atoms with Gasteiger partial charge in [-0.25, -0.2) is 0 Å². The summed E-state index contributed by atoms with van der Waals surface area (Å²) in [6.45, 7) is 3.09. The molecule has 0 spiro atoms. The average molecular weight is 357 g/mol. The molecular weight excluding hydrogens is 324 g/mol.